The van der Waals surface area contributed by atoms with E-state index in [1.54, 1.807) is 0 Å². The van der Waals surface area contributed by atoms with Crippen LogP contribution in [-0.4, -0.2) is 29.3 Å². The topological polar surface area (TPSA) is 55.8 Å². The molecule has 0 saturated heterocycles. The maximum absolute atomic E-state index is 10.9. The molecule has 1 rings (SSSR count). The van der Waals surface area contributed by atoms with Crippen molar-refractivity contribution in [2.24, 2.45) is 0 Å². The largest absolute Gasteiger partial charge is 0.439 e. The molecule has 5 heteroatoms. The van der Waals surface area contributed by atoms with Crippen LogP contribution in [-0.2, 0) is 19.2 Å². The van der Waals surface area contributed by atoms with Crippen molar-refractivity contribution in [3.8, 4) is 0 Å². The van der Waals surface area contributed by atoms with Crippen molar-refractivity contribution in [2.75, 3.05) is 0 Å². The molecule has 0 heterocycles. The van der Waals surface area contributed by atoms with Crippen LogP contribution in [0, 0.1) is 0 Å². The Morgan fingerprint density at radius 2 is 1.87 bits per heavy atom. The van der Waals surface area contributed by atoms with E-state index < -0.39 is 11.3 Å². The van der Waals surface area contributed by atoms with E-state index in [9.17, 15) is 9.59 Å². The Hall–Kier alpha value is -1.10. The molecule has 0 bridgehead atoms. The lowest BCUT2D eigenvalue weighted by Crippen LogP contribution is -2.56. The highest BCUT2D eigenvalue weighted by molar-refractivity contribution is 5.48. The number of ether oxygens (including phenoxy) is 1. The predicted molar refractivity (Wildman–Crippen MR) is 52.5 cm³/mol. The van der Waals surface area contributed by atoms with Gasteiger partial charge >= 0.3 is 0 Å². The van der Waals surface area contributed by atoms with E-state index in [0.29, 0.717) is 25.7 Å². The van der Waals surface area contributed by atoms with Gasteiger partial charge in [-0.25, -0.2) is 0 Å². The van der Waals surface area contributed by atoms with Gasteiger partial charge in [-0.15, -0.1) is 0 Å². The zero-order chi connectivity index (χ0) is 11.5. The van der Waals surface area contributed by atoms with Crippen molar-refractivity contribution >= 4 is 12.9 Å². The number of nitrogens with zero attached hydrogens (tertiary/aromatic N) is 1. The average molecular weight is 215 g/mol. The van der Waals surface area contributed by atoms with Gasteiger partial charge in [0.15, 0.2) is 0 Å². The van der Waals surface area contributed by atoms with Crippen molar-refractivity contribution < 1.29 is 19.2 Å². The lowest BCUT2D eigenvalue weighted by molar-refractivity contribution is -0.325. The number of rotatable bonds is 5. The summed E-state index contributed by atoms with van der Waals surface area (Å²) >= 11 is 0. The molecule has 5 nitrogen and oxygen atoms in total. The van der Waals surface area contributed by atoms with Crippen molar-refractivity contribution in [3.05, 3.63) is 0 Å². The van der Waals surface area contributed by atoms with Gasteiger partial charge in [-0.3, -0.25) is 14.4 Å². The highest BCUT2D eigenvalue weighted by Crippen LogP contribution is 2.38. The first-order chi connectivity index (χ1) is 6.93. The smallest absolute Gasteiger partial charge is 0.295 e. The van der Waals surface area contributed by atoms with Gasteiger partial charge in [-0.1, -0.05) is 0 Å². The molecule has 1 amide bonds. The Morgan fingerprint density at radius 1 is 1.27 bits per heavy atom. The Kier molecular flexibility index (Phi) is 3.34. The fraction of sp³-hybridized carbons (Fsp3) is 0.800. The maximum Gasteiger partial charge on any atom is 0.295 e. The van der Waals surface area contributed by atoms with Crippen molar-refractivity contribution in [3.63, 3.8) is 0 Å². The zero-order valence-corrected chi connectivity index (χ0v) is 9.36. The van der Waals surface area contributed by atoms with Crippen molar-refractivity contribution in [2.45, 2.75) is 51.4 Å². The summed E-state index contributed by atoms with van der Waals surface area (Å²) in [7, 11) is 0. The molecule has 1 fully saturated rings. The van der Waals surface area contributed by atoms with Crippen LogP contribution < -0.4 is 0 Å². The molecule has 0 spiro atoms. The molecule has 0 aromatic rings. The molecule has 86 valence electrons. The van der Waals surface area contributed by atoms with Gasteiger partial charge in [-0.2, -0.15) is 5.06 Å². The second kappa shape index (κ2) is 4.18. The van der Waals surface area contributed by atoms with Crippen LogP contribution in [0.5, 0.6) is 0 Å². The van der Waals surface area contributed by atoms with E-state index in [1.165, 1.54) is 0 Å². The quantitative estimate of drug-likeness (QED) is 0.393. The molecule has 0 aromatic heterocycles. The molecular weight excluding hydrogens is 198 g/mol. The summed E-state index contributed by atoms with van der Waals surface area (Å²) in [6.45, 7) is 5.85. The van der Waals surface area contributed by atoms with Crippen molar-refractivity contribution in [1.29, 1.82) is 0 Å². The minimum Gasteiger partial charge on any atom is -0.439 e. The van der Waals surface area contributed by atoms with Crippen LogP contribution in [0.3, 0.4) is 0 Å². The third-order valence-corrected chi connectivity index (χ3v) is 2.27. The second-order valence-corrected chi connectivity index (χ2v) is 4.65. The molecular formula is C10H17NO4. The molecule has 15 heavy (non-hydrogen) atoms. The average Bonchev–Trinajstić information content (AvgIpc) is 2.06. The van der Waals surface area contributed by atoms with Crippen LogP contribution in [0.25, 0.3) is 0 Å². The summed E-state index contributed by atoms with van der Waals surface area (Å²) in [5, 5.41) is 1.12. The molecule has 0 aromatic carbocycles. The van der Waals surface area contributed by atoms with E-state index in [4.69, 9.17) is 9.57 Å². The fourth-order valence-corrected chi connectivity index (χ4v) is 1.45. The van der Waals surface area contributed by atoms with Gasteiger partial charge in [0.05, 0.1) is 5.60 Å². The number of hydrogen-bond donors (Lipinski definition) is 0. The van der Waals surface area contributed by atoms with Crippen LogP contribution in [0.1, 0.15) is 40.0 Å². The maximum atomic E-state index is 10.9. The first-order valence-electron chi connectivity index (χ1n) is 4.99. The molecule has 0 aliphatic heterocycles. The SMILES string of the molecule is CC(C)(C)ON(C=O)C1(OC=O)CCC1. The van der Waals surface area contributed by atoms with E-state index >= 15 is 0 Å². The summed E-state index contributed by atoms with van der Waals surface area (Å²) in [4.78, 5) is 26.7. The van der Waals surface area contributed by atoms with E-state index in [2.05, 4.69) is 0 Å². The molecule has 1 aliphatic rings. The lowest BCUT2D eigenvalue weighted by atomic mass is 9.88. The second-order valence-electron chi connectivity index (χ2n) is 4.65. The number of hydroxylamine groups is 2. The van der Waals surface area contributed by atoms with E-state index in [1.807, 2.05) is 20.8 Å². The monoisotopic (exact) mass is 215 g/mol. The zero-order valence-electron chi connectivity index (χ0n) is 9.36. The first kappa shape index (κ1) is 12.0. The molecule has 1 saturated carbocycles. The Labute approximate surface area is 89.3 Å². The van der Waals surface area contributed by atoms with Crippen molar-refractivity contribution in [1.82, 2.24) is 5.06 Å². The number of hydrogen-bond acceptors (Lipinski definition) is 4. The molecule has 0 unspecified atom stereocenters. The molecule has 0 N–H and O–H groups in total. The fourth-order valence-electron chi connectivity index (χ4n) is 1.45. The number of carbonyl (C=O) groups is 2. The Morgan fingerprint density at radius 3 is 2.13 bits per heavy atom. The van der Waals surface area contributed by atoms with Gasteiger partial charge in [0.1, 0.15) is 0 Å². The van der Waals surface area contributed by atoms with Crippen LogP contribution in [0.15, 0.2) is 0 Å². The third kappa shape index (κ3) is 2.68. The summed E-state index contributed by atoms with van der Waals surface area (Å²) in [6.07, 6.45) is 2.74. The molecule has 1 aliphatic carbocycles. The van der Waals surface area contributed by atoms with Gasteiger partial charge in [-0.05, 0) is 27.2 Å². The minimum absolute atomic E-state index is 0.363. The van der Waals surface area contributed by atoms with Gasteiger partial charge < -0.3 is 4.74 Å². The molecule has 0 radical (unpaired) electrons. The minimum atomic E-state index is -0.878. The Bertz CT molecular complexity index is 242. The first-order valence-corrected chi connectivity index (χ1v) is 4.99. The third-order valence-electron chi connectivity index (χ3n) is 2.27. The predicted octanol–water partition coefficient (Wildman–Crippen LogP) is 1.23. The lowest BCUT2D eigenvalue weighted by Gasteiger charge is -2.46. The highest BCUT2D eigenvalue weighted by atomic mass is 16.7. The summed E-state index contributed by atoms with van der Waals surface area (Å²) in [5.74, 6) is 0. The highest BCUT2D eigenvalue weighted by Gasteiger charge is 2.47. The van der Waals surface area contributed by atoms with Gasteiger partial charge in [0.2, 0.25) is 12.1 Å². The normalized spacial score (nSPS) is 18.9. The Balaban J connectivity index is 2.71. The number of amides is 1. The standard InChI is InChI=1S/C10H17NO4/c1-9(2,3)15-11(7-12)10(14-8-13)5-4-6-10/h7-8H,4-6H2,1-3H3. The van der Waals surface area contributed by atoms with Crippen LogP contribution in [0.4, 0.5) is 0 Å². The summed E-state index contributed by atoms with van der Waals surface area (Å²) < 4.78 is 4.95. The van der Waals surface area contributed by atoms with Crippen LogP contribution in [0.2, 0.25) is 0 Å². The summed E-state index contributed by atoms with van der Waals surface area (Å²) in [6, 6.07) is 0. The summed E-state index contributed by atoms with van der Waals surface area (Å²) in [5.41, 5.74) is -1.37. The number of carbonyl (C=O) groups excluding carboxylic acids is 2. The van der Waals surface area contributed by atoms with Crippen LogP contribution >= 0.6 is 0 Å². The van der Waals surface area contributed by atoms with E-state index in [0.717, 1.165) is 11.5 Å². The molecule has 0 atom stereocenters. The van der Waals surface area contributed by atoms with Gasteiger partial charge in [0.25, 0.3) is 6.47 Å². The van der Waals surface area contributed by atoms with Gasteiger partial charge in [0, 0.05) is 12.8 Å². The van der Waals surface area contributed by atoms with E-state index in [-0.39, 0.29) is 0 Å².